The molecule has 0 bridgehead atoms. The number of nitrogens with two attached hydrogens (primary N) is 1. The summed E-state index contributed by atoms with van der Waals surface area (Å²) in [6.45, 7) is 3.55. The third-order valence-corrected chi connectivity index (χ3v) is 5.10. The Morgan fingerprint density at radius 3 is 2.38 bits per heavy atom. The number of carboxylic acids is 2. The summed E-state index contributed by atoms with van der Waals surface area (Å²) in [6.07, 6.45) is 1.90. The number of nitrogens with zero attached hydrogens (tertiary/aromatic N) is 4. The van der Waals surface area contributed by atoms with E-state index in [0.29, 0.717) is 37.5 Å². The highest BCUT2D eigenvalue weighted by Gasteiger charge is 2.22. The Labute approximate surface area is 212 Å². The summed E-state index contributed by atoms with van der Waals surface area (Å²) in [7, 11) is 1.57. The molecule has 1 aliphatic rings. The Morgan fingerprint density at radius 1 is 1.16 bits per heavy atom. The topological polar surface area (TPSA) is 191 Å². The molecule has 2 heterocycles. The van der Waals surface area contributed by atoms with Crippen molar-refractivity contribution in [1.82, 2.24) is 14.9 Å². The first-order valence-corrected chi connectivity index (χ1v) is 11.1. The molecule has 6 N–H and O–H groups in total. The summed E-state index contributed by atoms with van der Waals surface area (Å²) in [6, 6.07) is 5.91. The number of carbonyl (C=O) groups excluding carboxylic acids is 1. The summed E-state index contributed by atoms with van der Waals surface area (Å²) in [4.78, 5) is 42.5. The van der Waals surface area contributed by atoms with Crippen LogP contribution in [0.2, 0.25) is 0 Å². The van der Waals surface area contributed by atoms with Gasteiger partial charge in [0.2, 0.25) is 5.95 Å². The van der Waals surface area contributed by atoms with Crippen LogP contribution in [0.3, 0.4) is 0 Å². The quantitative estimate of drug-likeness (QED) is 0.265. The van der Waals surface area contributed by atoms with Gasteiger partial charge in [-0.25, -0.2) is 23.9 Å². The molecular formula is C23H29FN6O7. The van der Waals surface area contributed by atoms with E-state index < -0.39 is 23.9 Å². The average molecular weight is 521 g/mol. The molecule has 37 heavy (non-hydrogen) atoms. The highest BCUT2D eigenvalue weighted by molar-refractivity contribution is 5.91. The first-order valence-electron chi connectivity index (χ1n) is 11.1. The van der Waals surface area contributed by atoms with Gasteiger partial charge in [-0.15, -0.1) is 0 Å². The number of aliphatic hydroxyl groups is 1. The van der Waals surface area contributed by atoms with Gasteiger partial charge in [0.15, 0.2) is 0 Å². The van der Waals surface area contributed by atoms with E-state index in [2.05, 4.69) is 25.1 Å². The lowest BCUT2D eigenvalue weighted by Crippen LogP contribution is -2.49. The fraction of sp³-hybridized carbons (Fsp3) is 0.348. The number of β-amino-alcohol motifs (C(OH)–C–C–N with tert-alkyl or cyclic N) is 1. The molecule has 0 radical (unpaired) electrons. The van der Waals surface area contributed by atoms with Crippen molar-refractivity contribution in [1.29, 1.82) is 0 Å². The molecule has 1 atom stereocenters. The molecule has 1 unspecified atom stereocenters. The zero-order chi connectivity index (χ0) is 27.4. The van der Waals surface area contributed by atoms with E-state index in [9.17, 15) is 23.9 Å². The molecule has 14 heteroatoms. The van der Waals surface area contributed by atoms with Crippen molar-refractivity contribution >= 4 is 29.5 Å². The SMILES string of the molecule is COc1ccc(F)cc1N1CCN(CC(O)CNc2nccc(C(N)=O)n2)CC1.O=C(O)C=CC(=O)O. The predicted molar refractivity (Wildman–Crippen MR) is 131 cm³/mol. The van der Waals surface area contributed by atoms with Crippen molar-refractivity contribution in [2.75, 3.05) is 56.6 Å². The van der Waals surface area contributed by atoms with E-state index in [0.717, 1.165) is 18.8 Å². The van der Waals surface area contributed by atoms with Crippen molar-refractivity contribution in [2.24, 2.45) is 5.73 Å². The molecule has 0 saturated carbocycles. The van der Waals surface area contributed by atoms with Crippen LogP contribution >= 0.6 is 0 Å². The molecule has 13 nitrogen and oxygen atoms in total. The molecule has 0 spiro atoms. The maximum absolute atomic E-state index is 13.6. The number of aliphatic carboxylic acids is 2. The number of primary amides is 1. The van der Waals surface area contributed by atoms with E-state index in [1.807, 2.05) is 0 Å². The second-order valence-corrected chi connectivity index (χ2v) is 7.78. The number of carbonyl (C=O) groups is 3. The van der Waals surface area contributed by atoms with Crippen LogP contribution in [0.1, 0.15) is 10.5 Å². The predicted octanol–water partition coefficient (Wildman–Crippen LogP) is 0.0300. The summed E-state index contributed by atoms with van der Waals surface area (Å²) >= 11 is 0. The summed E-state index contributed by atoms with van der Waals surface area (Å²) in [5.41, 5.74) is 6.05. The van der Waals surface area contributed by atoms with Crippen molar-refractivity contribution in [3.05, 3.63) is 54.1 Å². The van der Waals surface area contributed by atoms with E-state index >= 15 is 0 Å². The molecule has 3 rings (SSSR count). The third kappa shape index (κ3) is 10.1. The number of ether oxygens (including phenoxy) is 1. The fourth-order valence-electron chi connectivity index (χ4n) is 3.38. The number of benzene rings is 1. The van der Waals surface area contributed by atoms with Gasteiger partial charge < -0.3 is 36.0 Å². The summed E-state index contributed by atoms with van der Waals surface area (Å²) in [5.74, 6) is -2.57. The zero-order valence-electron chi connectivity index (χ0n) is 20.1. The molecule has 1 aromatic heterocycles. The van der Waals surface area contributed by atoms with E-state index in [1.165, 1.54) is 24.4 Å². The van der Waals surface area contributed by atoms with Crippen molar-refractivity contribution in [2.45, 2.75) is 6.10 Å². The molecule has 1 aromatic carbocycles. The van der Waals surface area contributed by atoms with E-state index in [1.54, 1.807) is 13.2 Å². The van der Waals surface area contributed by atoms with Crippen LogP contribution in [0, 0.1) is 5.82 Å². The Hall–Kier alpha value is -4.30. The highest BCUT2D eigenvalue weighted by atomic mass is 19.1. The van der Waals surface area contributed by atoms with Gasteiger partial charge in [-0.1, -0.05) is 0 Å². The molecule has 2 aromatic rings. The van der Waals surface area contributed by atoms with Crippen LogP contribution in [0.25, 0.3) is 0 Å². The first-order chi connectivity index (χ1) is 17.6. The van der Waals surface area contributed by atoms with Crippen LogP contribution in [0.15, 0.2) is 42.6 Å². The zero-order valence-corrected chi connectivity index (χ0v) is 20.1. The van der Waals surface area contributed by atoms with Crippen molar-refractivity contribution in [3.63, 3.8) is 0 Å². The number of anilines is 2. The minimum Gasteiger partial charge on any atom is -0.495 e. The average Bonchev–Trinajstić information content (AvgIpc) is 2.87. The lowest BCUT2D eigenvalue weighted by molar-refractivity contribution is -0.134. The standard InChI is InChI=1S/C19H25FN6O3.C4H4O4/c1-29-17-3-2-13(20)10-16(17)26-8-6-25(7-9-26)12-14(27)11-23-19-22-5-4-15(24-19)18(21)28;5-3(6)1-2-4(7)8/h2-5,10,14,27H,6-9,11-12H2,1H3,(H2,21,28)(H,22,23,24);1-2H,(H,5,6)(H,7,8). The van der Waals surface area contributed by atoms with Gasteiger partial charge in [-0.3, -0.25) is 9.69 Å². The number of rotatable bonds is 10. The van der Waals surface area contributed by atoms with Crippen LogP contribution in [0.5, 0.6) is 5.75 Å². The summed E-state index contributed by atoms with van der Waals surface area (Å²) in [5, 5.41) is 28.8. The van der Waals surface area contributed by atoms with Crippen LogP contribution in [-0.2, 0) is 9.59 Å². The smallest absolute Gasteiger partial charge is 0.328 e. The molecular weight excluding hydrogens is 491 g/mol. The number of carboxylic acid groups (broad SMARTS) is 2. The maximum Gasteiger partial charge on any atom is 0.328 e. The van der Waals surface area contributed by atoms with Gasteiger partial charge in [0.25, 0.3) is 5.91 Å². The van der Waals surface area contributed by atoms with Crippen molar-refractivity contribution < 1.29 is 38.8 Å². The van der Waals surface area contributed by atoms with Gasteiger partial charge in [0, 0.05) is 63.7 Å². The first kappa shape index (κ1) is 28.9. The maximum atomic E-state index is 13.6. The molecule has 1 saturated heterocycles. The number of piperazine rings is 1. The Kier molecular flexibility index (Phi) is 11.2. The monoisotopic (exact) mass is 520 g/mol. The lowest BCUT2D eigenvalue weighted by atomic mass is 10.2. The van der Waals surface area contributed by atoms with Gasteiger partial charge in [-0.2, -0.15) is 0 Å². The third-order valence-electron chi connectivity index (χ3n) is 5.10. The van der Waals surface area contributed by atoms with Gasteiger partial charge in [-0.05, 0) is 18.2 Å². The van der Waals surface area contributed by atoms with Gasteiger partial charge in [0.1, 0.15) is 17.3 Å². The Bertz CT molecular complexity index is 1090. The molecule has 1 amide bonds. The number of hydrogen-bond acceptors (Lipinski definition) is 10. The Morgan fingerprint density at radius 2 is 1.81 bits per heavy atom. The molecule has 200 valence electrons. The lowest BCUT2D eigenvalue weighted by Gasteiger charge is -2.37. The second kappa shape index (κ2) is 14.3. The normalized spacial score (nSPS) is 14.4. The van der Waals surface area contributed by atoms with Gasteiger partial charge in [0.05, 0.1) is 18.9 Å². The van der Waals surface area contributed by atoms with Gasteiger partial charge >= 0.3 is 11.9 Å². The fourth-order valence-corrected chi connectivity index (χ4v) is 3.38. The second-order valence-electron chi connectivity index (χ2n) is 7.78. The molecule has 1 fully saturated rings. The number of aliphatic hydroxyl groups excluding tert-OH is 1. The van der Waals surface area contributed by atoms with Crippen LogP contribution < -0.4 is 20.7 Å². The number of amides is 1. The number of methoxy groups -OCH3 is 1. The van der Waals surface area contributed by atoms with Crippen molar-refractivity contribution in [3.8, 4) is 5.75 Å². The summed E-state index contributed by atoms with van der Waals surface area (Å²) < 4.78 is 18.9. The Balaban J connectivity index is 0.000000521. The number of nitrogens with one attached hydrogen (secondary N) is 1. The largest absolute Gasteiger partial charge is 0.495 e. The van der Waals surface area contributed by atoms with Crippen LogP contribution in [0.4, 0.5) is 16.0 Å². The van der Waals surface area contributed by atoms with E-state index in [4.69, 9.17) is 20.7 Å². The minimum absolute atomic E-state index is 0.112. The number of aromatic nitrogens is 2. The number of halogens is 1. The highest BCUT2D eigenvalue weighted by Crippen LogP contribution is 2.29. The number of hydrogen-bond donors (Lipinski definition) is 5. The minimum atomic E-state index is -1.26. The molecule has 0 aliphatic carbocycles. The molecule has 1 aliphatic heterocycles. The van der Waals surface area contributed by atoms with E-state index in [-0.39, 0.29) is 24.0 Å². The van der Waals surface area contributed by atoms with Crippen LogP contribution in [-0.4, -0.2) is 101 Å².